The van der Waals surface area contributed by atoms with Crippen molar-refractivity contribution in [2.75, 3.05) is 19.0 Å². The third-order valence-corrected chi connectivity index (χ3v) is 3.78. The van der Waals surface area contributed by atoms with Gasteiger partial charge in [-0.25, -0.2) is 0 Å². The van der Waals surface area contributed by atoms with Gasteiger partial charge in [-0.1, -0.05) is 17.7 Å². The third-order valence-electron chi connectivity index (χ3n) is 3.45. The highest BCUT2D eigenvalue weighted by atomic mass is 35.5. The van der Waals surface area contributed by atoms with E-state index in [-0.39, 0.29) is 5.69 Å². The maximum atomic E-state index is 12.9. The Morgan fingerprint density at radius 3 is 2.56 bits per heavy atom. The lowest BCUT2D eigenvalue weighted by Crippen LogP contribution is -2.11. The molecule has 0 bridgehead atoms. The molecule has 0 atom stereocenters. The zero-order chi connectivity index (χ0) is 20.0. The van der Waals surface area contributed by atoms with Gasteiger partial charge in [-0.05, 0) is 48.9 Å². The van der Waals surface area contributed by atoms with Crippen LogP contribution >= 0.6 is 11.6 Å². The fourth-order valence-electron chi connectivity index (χ4n) is 2.24. The molecule has 0 saturated heterocycles. The van der Waals surface area contributed by atoms with Gasteiger partial charge in [0.2, 0.25) is 5.91 Å². The van der Waals surface area contributed by atoms with E-state index in [1.165, 1.54) is 25.3 Å². The highest BCUT2D eigenvalue weighted by molar-refractivity contribution is 6.31. The predicted molar refractivity (Wildman–Crippen MR) is 98.3 cm³/mol. The van der Waals surface area contributed by atoms with Gasteiger partial charge in [-0.3, -0.25) is 4.79 Å². The van der Waals surface area contributed by atoms with E-state index in [1.54, 1.807) is 18.2 Å². The standard InChI is InChI=1S/C19H17ClF3NO3/c1-3-27-16-8-4-12(10-17(16)26-2)5-9-18(25)24-13-6-7-15(20)14(11-13)19(21,22)23/h4-11H,3H2,1-2H3,(H,24,25). The first-order chi connectivity index (χ1) is 12.7. The van der Waals surface area contributed by atoms with Crippen molar-refractivity contribution < 1.29 is 27.4 Å². The summed E-state index contributed by atoms with van der Waals surface area (Å²) in [5, 5.41) is 1.94. The van der Waals surface area contributed by atoms with E-state index >= 15 is 0 Å². The molecule has 0 heterocycles. The summed E-state index contributed by atoms with van der Waals surface area (Å²) in [5.74, 6) is 0.493. The minimum absolute atomic E-state index is 0.00866. The molecule has 0 radical (unpaired) electrons. The number of carbonyl (C=O) groups excluding carboxylic acids is 1. The fraction of sp³-hybridized carbons (Fsp3) is 0.211. The number of nitrogens with one attached hydrogen (secondary N) is 1. The topological polar surface area (TPSA) is 47.6 Å². The van der Waals surface area contributed by atoms with Gasteiger partial charge in [-0.2, -0.15) is 13.2 Å². The number of hydrogen-bond acceptors (Lipinski definition) is 3. The number of halogens is 4. The molecule has 0 aliphatic rings. The molecule has 0 aromatic heterocycles. The van der Waals surface area contributed by atoms with Gasteiger partial charge in [0.25, 0.3) is 0 Å². The summed E-state index contributed by atoms with van der Waals surface area (Å²) in [5.41, 5.74) is -0.356. The maximum Gasteiger partial charge on any atom is 0.417 e. The van der Waals surface area contributed by atoms with Crippen molar-refractivity contribution in [2.24, 2.45) is 0 Å². The van der Waals surface area contributed by atoms with Crippen molar-refractivity contribution in [3.63, 3.8) is 0 Å². The lowest BCUT2D eigenvalue weighted by Gasteiger charge is -2.11. The van der Waals surface area contributed by atoms with Crippen LogP contribution in [0.4, 0.5) is 18.9 Å². The van der Waals surface area contributed by atoms with Crippen molar-refractivity contribution in [1.82, 2.24) is 0 Å². The van der Waals surface area contributed by atoms with Crippen LogP contribution in [0.1, 0.15) is 18.1 Å². The van der Waals surface area contributed by atoms with Crippen LogP contribution in [0, 0.1) is 0 Å². The van der Waals surface area contributed by atoms with Crippen molar-refractivity contribution in [3.8, 4) is 11.5 Å². The minimum atomic E-state index is -4.60. The van der Waals surface area contributed by atoms with Crippen LogP contribution in [-0.2, 0) is 11.0 Å². The molecule has 4 nitrogen and oxygen atoms in total. The van der Waals surface area contributed by atoms with Gasteiger partial charge in [0.05, 0.1) is 24.3 Å². The number of ether oxygens (including phenoxy) is 2. The SMILES string of the molecule is CCOc1ccc(C=CC(=O)Nc2ccc(Cl)c(C(F)(F)F)c2)cc1OC. The largest absolute Gasteiger partial charge is 0.493 e. The van der Waals surface area contributed by atoms with E-state index in [2.05, 4.69) is 5.32 Å². The fourth-order valence-corrected chi connectivity index (χ4v) is 2.46. The lowest BCUT2D eigenvalue weighted by atomic mass is 10.1. The number of hydrogen-bond donors (Lipinski definition) is 1. The molecule has 8 heteroatoms. The zero-order valence-electron chi connectivity index (χ0n) is 14.6. The number of rotatable bonds is 6. The Kier molecular flexibility index (Phi) is 6.74. The summed E-state index contributed by atoms with van der Waals surface area (Å²) in [6.07, 6.45) is -1.89. The first-order valence-electron chi connectivity index (χ1n) is 7.91. The Bertz CT molecular complexity index is 851. The molecular weight excluding hydrogens is 383 g/mol. The van der Waals surface area contributed by atoms with Crippen molar-refractivity contribution in [2.45, 2.75) is 13.1 Å². The van der Waals surface area contributed by atoms with Gasteiger partial charge in [0.1, 0.15) is 0 Å². The second-order valence-electron chi connectivity index (χ2n) is 5.36. The molecule has 2 aromatic carbocycles. The predicted octanol–water partition coefficient (Wildman–Crippen LogP) is 5.42. The number of amides is 1. The monoisotopic (exact) mass is 399 g/mol. The van der Waals surface area contributed by atoms with Crippen LogP contribution in [0.15, 0.2) is 42.5 Å². The molecular formula is C19H17ClF3NO3. The molecule has 0 aliphatic heterocycles. The van der Waals surface area contributed by atoms with Gasteiger partial charge >= 0.3 is 6.18 Å². The van der Waals surface area contributed by atoms with E-state index in [0.717, 1.165) is 12.1 Å². The number of alkyl halides is 3. The molecule has 2 aromatic rings. The average Bonchev–Trinajstić information content (AvgIpc) is 2.61. The van der Waals surface area contributed by atoms with E-state index < -0.39 is 22.7 Å². The van der Waals surface area contributed by atoms with Gasteiger partial charge in [0.15, 0.2) is 11.5 Å². The van der Waals surface area contributed by atoms with Crippen molar-refractivity contribution in [3.05, 3.63) is 58.6 Å². The summed E-state index contributed by atoms with van der Waals surface area (Å²) in [7, 11) is 1.50. The molecule has 1 N–H and O–H groups in total. The second kappa shape index (κ2) is 8.81. The summed E-state index contributed by atoms with van der Waals surface area (Å²) in [6.45, 7) is 2.33. The van der Waals surface area contributed by atoms with E-state index in [9.17, 15) is 18.0 Å². The summed E-state index contributed by atoms with van der Waals surface area (Å²) in [4.78, 5) is 12.0. The minimum Gasteiger partial charge on any atom is -0.493 e. The smallest absolute Gasteiger partial charge is 0.417 e. The summed E-state index contributed by atoms with van der Waals surface area (Å²) >= 11 is 5.55. The van der Waals surface area contributed by atoms with E-state index in [4.69, 9.17) is 21.1 Å². The highest BCUT2D eigenvalue weighted by Gasteiger charge is 2.33. The number of methoxy groups -OCH3 is 1. The molecule has 0 saturated carbocycles. The van der Waals surface area contributed by atoms with Gasteiger partial charge < -0.3 is 14.8 Å². The van der Waals surface area contributed by atoms with Crippen LogP contribution < -0.4 is 14.8 Å². The van der Waals surface area contributed by atoms with Crippen LogP contribution in [0.25, 0.3) is 6.08 Å². The average molecular weight is 400 g/mol. The normalized spacial score (nSPS) is 11.5. The van der Waals surface area contributed by atoms with Crippen molar-refractivity contribution >= 4 is 29.3 Å². The number of carbonyl (C=O) groups is 1. The zero-order valence-corrected chi connectivity index (χ0v) is 15.3. The Balaban J connectivity index is 2.12. The number of benzene rings is 2. The van der Waals surface area contributed by atoms with E-state index in [1.807, 2.05) is 6.92 Å². The quantitative estimate of drug-likeness (QED) is 0.660. The Morgan fingerprint density at radius 1 is 1.19 bits per heavy atom. The molecule has 2 rings (SSSR count). The first kappa shape index (κ1) is 20.6. The lowest BCUT2D eigenvalue weighted by molar-refractivity contribution is -0.137. The molecule has 0 spiro atoms. The first-order valence-corrected chi connectivity index (χ1v) is 8.29. The van der Waals surface area contributed by atoms with Crippen LogP contribution in [0.5, 0.6) is 11.5 Å². The summed E-state index contributed by atoms with van der Waals surface area (Å²) in [6, 6.07) is 8.27. The van der Waals surface area contributed by atoms with Crippen LogP contribution in [-0.4, -0.2) is 19.6 Å². The Hall–Kier alpha value is -2.67. The van der Waals surface area contributed by atoms with Gasteiger partial charge in [-0.15, -0.1) is 0 Å². The number of anilines is 1. The van der Waals surface area contributed by atoms with Crippen LogP contribution in [0.2, 0.25) is 5.02 Å². The molecule has 0 fully saturated rings. The third kappa shape index (κ3) is 5.65. The summed E-state index contributed by atoms with van der Waals surface area (Å²) < 4.78 is 49.2. The molecule has 1 amide bonds. The highest BCUT2D eigenvalue weighted by Crippen LogP contribution is 2.36. The van der Waals surface area contributed by atoms with Gasteiger partial charge in [0, 0.05) is 11.8 Å². The molecule has 0 unspecified atom stereocenters. The second-order valence-corrected chi connectivity index (χ2v) is 5.77. The molecule has 144 valence electrons. The van der Waals surface area contributed by atoms with Crippen LogP contribution in [0.3, 0.4) is 0 Å². The van der Waals surface area contributed by atoms with Crippen molar-refractivity contribution in [1.29, 1.82) is 0 Å². The molecule has 0 aliphatic carbocycles. The molecule has 27 heavy (non-hydrogen) atoms. The Labute approximate surface area is 159 Å². The maximum absolute atomic E-state index is 12.9. The Morgan fingerprint density at radius 2 is 1.93 bits per heavy atom. The van der Waals surface area contributed by atoms with E-state index in [0.29, 0.717) is 23.7 Å².